The normalized spacial score (nSPS) is 13.0. The number of hydrogen-bond acceptors (Lipinski definition) is 5. The van der Waals surface area contributed by atoms with Gasteiger partial charge in [0.1, 0.15) is 6.33 Å². The summed E-state index contributed by atoms with van der Waals surface area (Å²) in [5, 5.41) is 0.503. The Morgan fingerprint density at radius 1 is 0.900 bits per heavy atom. The quantitative estimate of drug-likeness (QED) is 0.493. The van der Waals surface area contributed by atoms with Crippen LogP contribution in [0.25, 0.3) is 16.7 Å². The van der Waals surface area contributed by atoms with Crippen LogP contribution in [0.5, 0.6) is 0 Å². The first kappa shape index (κ1) is 17.8. The Bertz CT molecular complexity index is 1320. The second-order valence-electron chi connectivity index (χ2n) is 6.99. The first-order valence-electron chi connectivity index (χ1n) is 9.27. The Morgan fingerprint density at radius 3 is 2.33 bits per heavy atom. The fourth-order valence-corrected chi connectivity index (χ4v) is 3.51. The summed E-state index contributed by atoms with van der Waals surface area (Å²) in [5.74, 6) is -2.13. The van der Waals surface area contributed by atoms with Crippen LogP contribution < -0.4 is 0 Å². The van der Waals surface area contributed by atoms with Crippen molar-refractivity contribution in [3.63, 3.8) is 0 Å². The number of imide groups is 1. The highest BCUT2D eigenvalue weighted by atomic mass is 16.7. The van der Waals surface area contributed by atoms with Gasteiger partial charge in [-0.2, -0.15) is 0 Å². The molecule has 0 fully saturated rings. The summed E-state index contributed by atoms with van der Waals surface area (Å²) in [7, 11) is 0. The van der Waals surface area contributed by atoms with Gasteiger partial charge in [0.2, 0.25) is 0 Å². The predicted octanol–water partition coefficient (Wildman–Crippen LogP) is 3.70. The number of hydrogen-bond donors (Lipinski definition) is 0. The van der Waals surface area contributed by atoms with Gasteiger partial charge in [0.15, 0.2) is 0 Å². The van der Waals surface area contributed by atoms with Crippen molar-refractivity contribution in [3.8, 4) is 5.69 Å². The number of hydroxylamine groups is 2. The molecule has 2 amide bonds. The number of rotatable bonds is 3. The van der Waals surface area contributed by atoms with Gasteiger partial charge < -0.3 is 4.84 Å². The summed E-state index contributed by atoms with van der Waals surface area (Å²) >= 11 is 0. The molecule has 0 bridgehead atoms. The number of benzene rings is 3. The Balaban J connectivity index is 1.43. The third-order valence-electron chi connectivity index (χ3n) is 4.99. The molecule has 0 atom stereocenters. The molecule has 1 aliphatic rings. The van der Waals surface area contributed by atoms with Crippen molar-refractivity contribution in [1.29, 1.82) is 0 Å². The molecule has 2 heterocycles. The van der Waals surface area contributed by atoms with Gasteiger partial charge >= 0.3 is 5.97 Å². The molecule has 4 aromatic rings. The van der Waals surface area contributed by atoms with E-state index in [4.69, 9.17) is 4.84 Å². The standard InChI is InChI=1S/C23H15N3O4/c1-14-5-4-6-16(11-14)25-13-24-19-12-15(9-10-20(19)25)23(29)30-26-21(27)17-7-2-3-8-18(17)22(26)28/h2-13H,1H3. The van der Waals surface area contributed by atoms with E-state index in [2.05, 4.69) is 4.98 Å². The fraction of sp³-hybridized carbons (Fsp3) is 0.0435. The number of carbonyl (C=O) groups is 3. The summed E-state index contributed by atoms with van der Waals surface area (Å²) in [5.41, 5.74) is 4.10. The van der Waals surface area contributed by atoms with Gasteiger partial charge in [-0.15, -0.1) is 0 Å². The molecular weight excluding hydrogens is 382 g/mol. The maximum absolute atomic E-state index is 12.6. The third kappa shape index (κ3) is 2.76. The second kappa shape index (κ2) is 6.66. The van der Waals surface area contributed by atoms with Gasteiger partial charge in [-0.3, -0.25) is 14.2 Å². The van der Waals surface area contributed by atoms with E-state index in [1.165, 1.54) is 12.1 Å². The average molecular weight is 397 g/mol. The van der Waals surface area contributed by atoms with Crippen LogP contribution >= 0.6 is 0 Å². The fourth-order valence-electron chi connectivity index (χ4n) is 3.51. The number of nitrogens with zero attached hydrogens (tertiary/aromatic N) is 3. The molecule has 0 aliphatic carbocycles. The summed E-state index contributed by atoms with van der Waals surface area (Å²) in [6.07, 6.45) is 1.68. The predicted molar refractivity (Wildman–Crippen MR) is 108 cm³/mol. The Kier molecular flexibility index (Phi) is 3.96. The number of fused-ring (bicyclic) bond motifs is 2. The minimum atomic E-state index is -0.809. The Morgan fingerprint density at radius 2 is 1.63 bits per heavy atom. The molecule has 5 rings (SSSR count). The van der Waals surface area contributed by atoms with Crippen LogP contribution in [-0.4, -0.2) is 32.4 Å². The van der Waals surface area contributed by atoms with E-state index in [1.807, 2.05) is 35.8 Å². The van der Waals surface area contributed by atoms with Gasteiger partial charge in [0.25, 0.3) is 11.8 Å². The molecule has 1 aliphatic heterocycles. The summed E-state index contributed by atoms with van der Waals surface area (Å²) in [4.78, 5) is 46.9. The van der Waals surface area contributed by atoms with Crippen LogP contribution in [0, 0.1) is 6.92 Å². The van der Waals surface area contributed by atoms with Crippen molar-refractivity contribution in [2.45, 2.75) is 6.92 Å². The molecule has 30 heavy (non-hydrogen) atoms. The first-order chi connectivity index (χ1) is 14.5. The topological polar surface area (TPSA) is 81.5 Å². The monoisotopic (exact) mass is 397 g/mol. The number of aromatic nitrogens is 2. The molecule has 0 unspecified atom stereocenters. The van der Waals surface area contributed by atoms with Crippen molar-refractivity contribution < 1.29 is 19.2 Å². The maximum atomic E-state index is 12.6. The van der Waals surface area contributed by atoms with Crippen LogP contribution in [0.15, 0.2) is 73.1 Å². The summed E-state index contributed by atoms with van der Waals surface area (Å²) in [6, 6.07) is 19.2. The van der Waals surface area contributed by atoms with E-state index >= 15 is 0 Å². The molecule has 3 aromatic carbocycles. The van der Waals surface area contributed by atoms with E-state index in [0.29, 0.717) is 10.6 Å². The lowest BCUT2D eigenvalue weighted by molar-refractivity contribution is -0.0584. The minimum absolute atomic E-state index is 0.188. The average Bonchev–Trinajstić information content (AvgIpc) is 3.28. The van der Waals surface area contributed by atoms with E-state index in [-0.39, 0.29) is 16.7 Å². The van der Waals surface area contributed by atoms with Crippen LogP contribution in [0.1, 0.15) is 36.6 Å². The van der Waals surface area contributed by atoms with Crippen LogP contribution in [0.4, 0.5) is 0 Å². The van der Waals surface area contributed by atoms with E-state index in [9.17, 15) is 14.4 Å². The number of amides is 2. The highest BCUT2D eigenvalue weighted by Crippen LogP contribution is 2.24. The van der Waals surface area contributed by atoms with E-state index < -0.39 is 17.8 Å². The van der Waals surface area contributed by atoms with Crippen LogP contribution in [0.3, 0.4) is 0 Å². The molecule has 0 radical (unpaired) electrons. The molecule has 0 N–H and O–H groups in total. The van der Waals surface area contributed by atoms with Crippen LogP contribution in [0.2, 0.25) is 0 Å². The van der Waals surface area contributed by atoms with Crippen LogP contribution in [-0.2, 0) is 4.84 Å². The molecule has 0 saturated carbocycles. The van der Waals surface area contributed by atoms with Gasteiger partial charge in [0.05, 0.1) is 27.7 Å². The molecule has 0 saturated heterocycles. The number of carbonyl (C=O) groups excluding carboxylic acids is 3. The van der Waals surface area contributed by atoms with Gasteiger partial charge in [-0.1, -0.05) is 29.3 Å². The lowest BCUT2D eigenvalue weighted by Gasteiger charge is -2.12. The first-order valence-corrected chi connectivity index (χ1v) is 9.27. The lowest BCUT2D eigenvalue weighted by Crippen LogP contribution is -2.32. The minimum Gasteiger partial charge on any atom is -0.324 e. The van der Waals surface area contributed by atoms with Gasteiger partial charge in [-0.25, -0.2) is 9.78 Å². The largest absolute Gasteiger partial charge is 0.364 e. The van der Waals surface area contributed by atoms with Crippen molar-refractivity contribution in [3.05, 3.63) is 95.3 Å². The lowest BCUT2D eigenvalue weighted by atomic mass is 10.1. The van der Waals surface area contributed by atoms with E-state index in [0.717, 1.165) is 16.8 Å². The molecule has 1 aromatic heterocycles. The summed E-state index contributed by atoms with van der Waals surface area (Å²) < 4.78 is 1.92. The van der Waals surface area contributed by atoms with Gasteiger partial charge in [-0.05, 0) is 55.0 Å². The zero-order valence-corrected chi connectivity index (χ0v) is 15.9. The smallest absolute Gasteiger partial charge is 0.324 e. The second-order valence-corrected chi connectivity index (χ2v) is 6.99. The third-order valence-corrected chi connectivity index (χ3v) is 4.99. The molecular formula is C23H15N3O4. The van der Waals surface area contributed by atoms with E-state index in [1.54, 1.807) is 36.7 Å². The molecule has 7 heteroatoms. The summed E-state index contributed by atoms with van der Waals surface area (Å²) in [6.45, 7) is 2.01. The molecule has 146 valence electrons. The zero-order chi connectivity index (χ0) is 20.8. The number of imidazole rings is 1. The maximum Gasteiger partial charge on any atom is 0.364 e. The van der Waals surface area contributed by atoms with Crippen molar-refractivity contribution in [2.24, 2.45) is 0 Å². The van der Waals surface area contributed by atoms with Crippen molar-refractivity contribution in [2.75, 3.05) is 0 Å². The van der Waals surface area contributed by atoms with Gasteiger partial charge in [0, 0.05) is 5.69 Å². The highest BCUT2D eigenvalue weighted by Gasteiger charge is 2.38. The molecule has 7 nitrogen and oxygen atoms in total. The zero-order valence-electron chi connectivity index (χ0n) is 15.9. The van der Waals surface area contributed by atoms with Crippen molar-refractivity contribution >= 4 is 28.8 Å². The molecule has 0 spiro atoms. The number of aryl methyl sites for hydroxylation is 1. The Hall–Kier alpha value is -4.26. The SMILES string of the molecule is Cc1cccc(-n2cnc3cc(C(=O)ON4C(=O)c5ccccc5C4=O)ccc32)c1. The highest BCUT2D eigenvalue weighted by molar-refractivity contribution is 6.21. The Labute approximate surface area is 171 Å². The van der Waals surface area contributed by atoms with Crippen molar-refractivity contribution in [1.82, 2.24) is 14.6 Å².